The Hall–Kier alpha value is -4.08. The molecule has 32 heavy (non-hydrogen) atoms. The number of benzene rings is 2. The standard InChI is InChI=1S/C22H19F2N5O3/c23-16-4-6-18(7-5-16)32-13-20(30)25-8-9-29-21-19(11-27-29)22(31)28(14-26-21)12-15-2-1-3-17(24)10-15/h1-7,10-11,14H,8-9,12-13H2,(H,25,30). The molecule has 0 unspecified atom stereocenters. The van der Waals surface area contributed by atoms with Gasteiger partial charge in [0.15, 0.2) is 12.3 Å². The zero-order valence-electron chi connectivity index (χ0n) is 16.9. The van der Waals surface area contributed by atoms with Crippen LogP contribution in [0.1, 0.15) is 5.56 Å². The molecule has 0 saturated carbocycles. The maximum Gasteiger partial charge on any atom is 0.264 e. The summed E-state index contributed by atoms with van der Waals surface area (Å²) in [6, 6.07) is 11.4. The Kier molecular flexibility index (Phi) is 6.20. The molecule has 4 rings (SSSR count). The van der Waals surface area contributed by atoms with E-state index in [9.17, 15) is 18.4 Å². The van der Waals surface area contributed by atoms with Crippen LogP contribution in [0.3, 0.4) is 0 Å². The van der Waals surface area contributed by atoms with Gasteiger partial charge in [-0.25, -0.2) is 18.4 Å². The van der Waals surface area contributed by atoms with Gasteiger partial charge in [0.1, 0.15) is 29.1 Å². The molecule has 2 heterocycles. The molecule has 8 nitrogen and oxygen atoms in total. The third kappa shape index (κ3) is 4.97. The van der Waals surface area contributed by atoms with Gasteiger partial charge in [0, 0.05) is 6.54 Å². The van der Waals surface area contributed by atoms with Crippen LogP contribution in [-0.4, -0.2) is 38.4 Å². The van der Waals surface area contributed by atoms with E-state index in [2.05, 4.69) is 15.4 Å². The van der Waals surface area contributed by atoms with Crippen molar-refractivity contribution in [3.05, 3.63) is 88.6 Å². The second-order valence-electron chi connectivity index (χ2n) is 7.01. The number of aromatic nitrogens is 4. The fraction of sp³-hybridized carbons (Fsp3) is 0.182. The van der Waals surface area contributed by atoms with E-state index >= 15 is 0 Å². The molecule has 0 radical (unpaired) electrons. The van der Waals surface area contributed by atoms with Gasteiger partial charge in [-0.15, -0.1) is 0 Å². The minimum absolute atomic E-state index is 0.189. The first-order valence-corrected chi connectivity index (χ1v) is 9.80. The summed E-state index contributed by atoms with van der Waals surface area (Å²) in [5, 5.41) is 7.19. The second kappa shape index (κ2) is 9.38. The van der Waals surface area contributed by atoms with E-state index in [0.29, 0.717) is 28.9 Å². The van der Waals surface area contributed by atoms with Crippen LogP contribution in [0.2, 0.25) is 0 Å². The Morgan fingerprint density at radius 3 is 2.69 bits per heavy atom. The molecule has 0 aliphatic heterocycles. The molecule has 2 aromatic carbocycles. The lowest BCUT2D eigenvalue weighted by atomic mass is 10.2. The number of carbonyl (C=O) groups excluding carboxylic acids is 1. The number of hydrogen-bond donors (Lipinski definition) is 1. The third-order valence-corrected chi connectivity index (χ3v) is 4.69. The van der Waals surface area contributed by atoms with E-state index < -0.39 is 0 Å². The quantitative estimate of drug-likeness (QED) is 0.454. The van der Waals surface area contributed by atoms with Crippen molar-refractivity contribution in [1.29, 1.82) is 0 Å². The summed E-state index contributed by atoms with van der Waals surface area (Å²) in [5.41, 5.74) is 0.746. The van der Waals surface area contributed by atoms with Gasteiger partial charge in [-0.2, -0.15) is 5.10 Å². The molecule has 164 valence electrons. The minimum atomic E-state index is -0.386. The molecule has 0 aliphatic rings. The van der Waals surface area contributed by atoms with Crippen LogP contribution in [-0.2, 0) is 17.9 Å². The lowest BCUT2D eigenvalue weighted by Crippen LogP contribution is -2.31. The maximum atomic E-state index is 13.4. The van der Waals surface area contributed by atoms with Gasteiger partial charge in [0.05, 0.1) is 19.3 Å². The number of rotatable bonds is 8. The van der Waals surface area contributed by atoms with Gasteiger partial charge in [0.2, 0.25) is 0 Å². The first-order valence-electron chi connectivity index (χ1n) is 9.80. The minimum Gasteiger partial charge on any atom is -0.484 e. The molecule has 1 N–H and O–H groups in total. The fourth-order valence-electron chi connectivity index (χ4n) is 3.14. The molecular formula is C22H19F2N5O3. The lowest BCUT2D eigenvalue weighted by molar-refractivity contribution is -0.123. The van der Waals surface area contributed by atoms with E-state index in [1.54, 1.807) is 12.1 Å². The van der Waals surface area contributed by atoms with Crippen molar-refractivity contribution in [2.75, 3.05) is 13.2 Å². The second-order valence-corrected chi connectivity index (χ2v) is 7.01. The summed E-state index contributed by atoms with van der Waals surface area (Å²) < 4.78 is 34.4. The number of nitrogens with one attached hydrogen (secondary N) is 1. The Bertz CT molecular complexity index is 1300. The molecule has 0 bridgehead atoms. The third-order valence-electron chi connectivity index (χ3n) is 4.69. The highest BCUT2D eigenvalue weighted by molar-refractivity contribution is 5.77. The summed E-state index contributed by atoms with van der Waals surface area (Å²) in [7, 11) is 0. The van der Waals surface area contributed by atoms with E-state index in [1.165, 1.54) is 58.2 Å². The van der Waals surface area contributed by atoms with Crippen LogP contribution in [0.4, 0.5) is 8.78 Å². The van der Waals surface area contributed by atoms with Crippen molar-refractivity contribution in [2.45, 2.75) is 13.1 Å². The fourth-order valence-corrected chi connectivity index (χ4v) is 3.14. The predicted molar refractivity (Wildman–Crippen MR) is 112 cm³/mol. The molecule has 10 heteroatoms. The molecule has 0 spiro atoms. The SMILES string of the molecule is O=C(COc1ccc(F)cc1)NCCn1ncc2c(=O)n(Cc3cccc(F)c3)cnc21. The summed E-state index contributed by atoms with van der Waals surface area (Å²) in [6.07, 6.45) is 2.81. The van der Waals surface area contributed by atoms with E-state index in [1.807, 2.05) is 0 Å². The van der Waals surface area contributed by atoms with Gasteiger partial charge in [-0.3, -0.25) is 14.2 Å². The lowest BCUT2D eigenvalue weighted by Gasteiger charge is -2.08. The van der Waals surface area contributed by atoms with Gasteiger partial charge < -0.3 is 10.1 Å². The molecule has 0 atom stereocenters. The predicted octanol–water partition coefficient (Wildman–Crippen LogP) is 2.11. The highest BCUT2D eigenvalue weighted by Crippen LogP contribution is 2.11. The van der Waals surface area contributed by atoms with Crippen molar-refractivity contribution in [3.8, 4) is 5.75 Å². The van der Waals surface area contributed by atoms with Crippen molar-refractivity contribution in [3.63, 3.8) is 0 Å². The number of ether oxygens (including phenoxy) is 1. The van der Waals surface area contributed by atoms with Crippen molar-refractivity contribution >= 4 is 16.9 Å². The Morgan fingerprint density at radius 2 is 1.91 bits per heavy atom. The Balaban J connectivity index is 1.34. The van der Waals surface area contributed by atoms with Gasteiger partial charge >= 0.3 is 0 Å². The number of nitrogens with zero attached hydrogens (tertiary/aromatic N) is 4. The first kappa shape index (κ1) is 21.2. The maximum absolute atomic E-state index is 13.4. The summed E-state index contributed by atoms with van der Waals surface area (Å²) in [4.78, 5) is 29.0. The monoisotopic (exact) mass is 439 g/mol. The first-order chi connectivity index (χ1) is 15.5. The van der Waals surface area contributed by atoms with Crippen LogP contribution < -0.4 is 15.6 Å². The molecule has 4 aromatic rings. The molecule has 0 saturated heterocycles. The largest absolute Gasteiger partial charge is 0.484 e. The average Bonchev–Trinajstić information content (AvgIpc) is 3.19. The van der Waals surface area contributed by atoms with Gasteiger partial charge in [-0.05, 0) is 42.0 Å². The summed E-state index contributed by atoms with van der Waals surface area (Å²) in [6.45, 7) is 0.520. The Labute approximate surface area is 181 Å². The van der Waals surface area contributed by atoms with E-state index in [-0.39, 0.29) is 42.8 Å². The van der Waals surface area contributed by atoms with Crippen molar-refractivity contribution in [1.82, 2.24) is 24.6 Å². The van der Waals surface area contributed by atoms with Crippen molar-refractivity contribution < 1.29 is 18.3 Å². The zero-order valence-corrected chi connectivity index (χ0v) is 16.9. The Morgan fingerprint density at radius 1 is 1.09 bits per heavy atom. The van der Waals surface area contributed by atoms with Crippen LogP contribution in [0.15, 0.2) is 65.8 Å². The summed E-state index contributed by atoms with van der Waals surface area (Å²) in [5.74, 6) is -0.723. The number of hydrogen-bond acceptors (Lipinski definition) is 5. The molecule has 0 aliphatic carbocycles. The van der Waals surface area contributed by atoms with Gasteiger partial charge in [0.25, 0.3) is 11.5 Å². The molecule has 1 amide bonds. The van der Waals surface area contributed by atoms with Crippen LogP contribution >= 0.6 is 0 Å². The molecular weight excluding hydrogens is 420 g/mol. The summed E-state index contributed by atoms with van der Waals surface area (Å²) >= 11 is 0. The van der Waals surface area contributed by atoms with E-state index in [4.69, 9.17) is 4.74 Å². The number of fused-ring (bicyclic) bond motifs is 1. The van der Waals surface area contributed by atoms with E-state index in [0.717, 1.165) is 0 Å². The van der Waals surface area contributed by atoms with Crippen LogP contribution in [0, 0.1) is 11.6 Å². The molecule has 0 fully saturated rings. The number of amides is 1. The topological polar surface area (TPSA) is 91.0 Å². The smallest absolute Gasteiger partial charge is 0.264 e. The van der Waals surface area contributed by atoms with Crippen LogP contribution in [0.25, 0.3) is 11.0 Å². The average molecular weight is 439 g/mol. The number of carbonyl (C=O) groups is 1. The van der Waals surface area contributed by atoms with Crippen molar-refractivity contribution in [2.24, 2.45) is 0 Å². The van der Waals surface area contributed by atoms with Gasteiger partial charge in [-0.1, -0.05) is 12.1 Å². The zero-order chi connectivity index (χ0) is 22.5. The normalized spacial score (nSPS) is 10.9. The highest BCUT2D eigenvalue weighted by Gasteiger charge is 2.11. The highest BCUT2D eigenvalue weighted by atomic mass is 19.1. The number of halogens is 2. The molecule has 2 aromatic heterocycles. The van der Waals surface area contributed by atoms with Crippen LogP contribution in [0.5, 0.6) is 5.75 Å².